The molecule has 0 bridgehead atoms. The van der Waals surface area contributed by atoms with Crippen molar-refractivity contribution in [3.63, 3.8) is 0 Å². The maximum atomic E-state index is 9.00. The second-order valence-corrected chi connectivity index (χ2v) is 2.39. The van der Waals surface area contributed by atoms with E-state index < -0.39 is 5.79 Å². The maximum absolute atomic E-state index is 9.00. The minimum Gasteiger partial charge on any atom is -0.508 e. The minimum absolute atomic E-state index is 0.259. The highest BCUT2D eigenvalue weighted by Crippen LogP contribution is 2.23. The van der Waals surface area contributed by atoms with Crippen molar-refractivity contribution >= 4 is 0 Å². The van der Waals surface area contributed by atoms with Crippen LogP contribution in [0.25, 0.3) is 0 Å². The zero-order valence-corrected chi connectivity index (χ0v) is 6.70. The van der Waals surface area contributed by atoms with Crippen LogP contribution in [0.15, 0.2) is 24.0 Å². The van der Waals surface area contributed by atoms with Gasteiger partial charge in [0.15, 0.2) is 5.79 Å². The molecule has 0 unspecified atom stereocenters. The van der Waals surface area contributed by atoms with E-state index in [-0.39, 0.29) is 5.76 Å². The smallest absolute Gasteiger partial charge is 0.191 e. The first-order valence-electron chi connectivity index (χ1n) is 3.41. The fourth-order valence-electron chi connectivity index (χ4n) is 0.981. The number of ether oxygens (including phenoxy) is 2. The van der Waals surface area contributed by atoms with Crippen molar-refractivity contribution in [3.8, 4) is 0 Å². The van der Waals surface area contributed by atoms with E-state index in [0.717, 1.165) is 0 Å². The molecule has 0 spiro atoms. The van der Waals surface area contributed by atoms with Crippen LogP contribution in [0.5, 0.6) is 0 Å². The fourth-order valence-corrected chi connectivity index (χ4v) is 0.981. The van der Waals surface area contributed by atoms with E-state index in [1.165, 1.54) is 0 Å². The number of hydrogen-bond acceptors (Lipinski definition) is 3. The molecular weight excluding hydrogens is 144 g/mol. The molecule has 0 heterocycles. The summed E-state index contributed by atoms with van der Waals surface area (Å²) in [6.07, 6.45) is 5.47. The van der Waals surface area contributed by atoms with Crippen LogP contribution in [0.2, 0.25) is 0 Å². The first kappa shape index (κ1) is 8.30. The van der Waals surface area contributed by atoms with Gasteiger partial charge in [-0.2, -0.15) is 0 Å². The number of hydrogen-bond donors (Lipinski definition) is 1. The van der Waals surface area contributed by atoms with E-state index >= 15 is 0 Å². The summed E-state index contributed by atoms with van der Waals surface area (Å²) in [5.41, 5.74) is 0. The lowest BCUT2D eigenvalue weighted by molar-refractivity contribution is -0.168. The van der Waals surface area contributed by atoms with Gasteiger partial charge in [0.05, 0.1) is 0 Å². The summed E-state index contributed by atoms with van der Waals surface area (Å²) < 4.78 is 10.2. The Bertz CT molecular complexity index is 190. The predicted octanol–water partition coefficient (Wildman–Crippen LogP) is 1.38. The average molecular weight is 156 g/mol. The molecule has 3 heteroatoms. The van der Waals surface area contributed by atoms with E-state index in [1.54, 1.807) is 32.4 Å². The molecule has 1 aliphatic rings. The topological polar surface area (TPSA) is 38.7 Å². The van der Waals surface area contributed by atoms with Gasteiger partial charge >= 0.3 is 0 Å². The van der Waals surface area contributed by atoms with Crippen LogP contribution in [0.1, 0.15) is 6.42 Å². The average Bonchev–Trinajstić information content (AvgIpc) is 2.07. The van der Waals surface area contributed by atoms with E-state index in [4.69, 9.17) is 14.6 Å². The molecule has 0 amide bonds. The number of aliphatic hydroxyl groups is 1. The van der Waals surface area contributed by atoms with Crippen LogP contribution in [0, 0.1) is 0 Å². The molecule has 0 fully saturated rings. The summed E-state index contributed by atoms with van der Waals surface area (Å²) in [5, 5.41) is 9.00. The molecule has 0 radical (unpaired) electrons. The van der Waals surface area contributed by atoms with Gasteiger partial charge in [-0.15, -0.1) is 0 Å². The Kier molecular flexibility index (Phi) is 2.31. The lowest BCUT2D eigenvalue weighted by atomic mass is 10.1. The van der Waals surface area contributed by atoms with Gasteiger partial charge in [-0.3, -0.25) is 0 Å². The van der Waals surface area contributed by atoms with E-state index in [2.05, 4.69) is 0 Å². The van der Waals surface area contributed by atoms with Crippen LogP contribution < -0.4 is 0 Å². The molecular formula is C8H12O3. The Labute approximate surface area is 65.9 Å². The van der Waals surface area contributed by atoms with Gasteiger partial charge in [0.25, 0.3) is 0 Å². The van der Waals surface area contributed by atoms with Crippen LogP contribution in [0.4, 0.5) is 0 Å². The standard InChI is InChI=1S/C8H12O3/c1-10-8(11-2)5-3-7(9)4-6-8/h3-5,9H,6H2,1-2H3. The highest BCUT2D eigenvalue weighted by atomic mass is 16.7. The van der Waals surface area contributed by atoms with Crippen molar-refractivity contribution in [2.75, 3.05) is 14.2 Å². The van der Waals surface area contributed by atoms with Crippen molar-refractivity contribution in [1.29, 1.82) is 0 Å². The van der Waals surface area contributed by atoms with Crippen LogP contribution in [-0.4, -0.2) is 25.1 Å². The summed E-state index contributed by atoms with van der Waals surface area (Å²) in [4.78, 5) is 0. The molecule has 0 aliphatic heterocycles. The van der Waals surface area contributed by atoms with Gasteiger partial charge in [0.2, 0.25) is 0 Å². The van der Waals surface area contributed by atoms with Gasteiger partial charge < -0.3 is 14.6 Å². The molecule has 1 aliphatic carbocycles. The molecule has 3 nitrogen and oxygen atoms in total. The van der Waals surface area contributed by atoms with Crippen LogP contribution in [-0.2, 0) is 9.47 Å². The number of methoxy groups -OCH3 is 2. The Morgan fingerprint density at radius 2 is 2.09 bits per heavy atom. The molecule has 0 atom stereocenters. The van der Waals surface area contributed by atoms with Crippen molar-refractivity contribution in [1.82, 2.24) is 0 Å². The lowest BCUT2D eigenvalue weighted by Gasteiger charge is -2.28. The summed E-state index contributed by atoms with van der Waals surface area (Å²) >= 11 is 0. The zero-order valence-electron chi connectivity index (χ0n) is 6.70. The first-order chi connectivity index (χ1) is 5.22. The predicted molar refractivity (Wildman–Crippen MR) is 41.2 cm³/mol. The van der Waals surface area contributed by atoms with Gasteiger partial charge in [-0.05, 0) is 18.2 Å². The molecule has 0 saturated heterocycles. The van der Waals surface area contributed by atoms with Crippen molar-refractivity contribution in [2.24, 2.45) is 0 Å². The zero-order chi connectivity index (χ0) is 8.32. The molecule has 1 rings (SSSR count). The second kappa shape index (κ2) is 3.07. The molecule has 0 aromatic carbocycles. The largest absolute Gasteiger partial charge is 0.508 e. The first-order valence-corrected chi connectivity index (χ1v) is 3.41. The van der Waals surface area contributed by atoms with Crippen LogP contribution >= 0.6 is 0 Å². The molecule has 62 valence electrons. The SMILES string of the molecule is COC1(OC)C=CC(O)=CC1. The van der Waals surface area contributed by atoms with Crippen molar-refractivity contribution in [2.45, 2.75) is 12.2 Å². The van der Waals surface area contributed by atoms with E-state index in [9.17, 15) is 0 Å². The van der Waals surface area contributed by atoms with Gasteiger partial charge in [0, 0.05) is 20.6 Å². The maximum Gasteiger partial charge on any atom is 0.191 e. The monoisotopic (exact) mass is 156 g/mol. The third kappa shape index (κ3) is 1.61. The quantitative estimate of drug-likeness (QED) is 0.614. The molecule has 1 N–H and O–H groups in total. The summed E-state index contributed by atoms with van der Waals surface area (Å²) in [5.74, 6) is -0.415. The van der Waals surface area contributed by atoms with E-state index in [1.807, 2.05) is 0 Å². The second-order valence-electron chi connectivity index (χ2n) is 2.39. The number of allylic oxidation sites excluding steroid dienone is 1. The van der Waals surface area contributed by atoms with Gasteiger partial charge in [-0.25, -0.2) is 0 Å². The number of rotatable bonds is 2. The Balaban J connectivity index is 2.71. The minimum atomic E-state index is -0.674. The van der Waals surface area contributed by atoms with E-state index in [0.29, 0.717) is 6.42 Å². The Morgan fingerprint density at radius 3 is 2.45 bits per heavy atom. The van der Waals surface area contributed by atoms with Crippen molar-refractivity contribution in [3.05, 3.63) is 24.0 Å². The molecule has 0 aromatic rings. The highest BCUT2D eigenvalue weighted by molar-refractivity contribution is 5.20. The Hall–Kier alpha value is -0.800. The molecule has 0 saturated carbocycles. The highest BCUT2D eigenvalue weighted by Gasteiger charge is 2.26. The summed E-state index contributed by atoms with van der Waals surface area (Å²) in [6, 6.07) is 0. The molecule has 11 heavy (non-hydrogen) atoms. The van der Waals surface area contributed by atoms with Gasteiger partial charge in [-0.1, -0.05) is 0 Å². The normalized spacial score (nSPS) is 21.5. The van der Waals surface area contributed by atoms with Crippen molar-refractivity contribution < 1.29 is 14.6 Å². The van der Waals surface area contributed by atoms with Gasteiger partial charge in [0.1, 0.15) is 5.76 Å². The third-order valence-electron chi connectivity index (χ3n) is 1.79. The molecule has 0 aromatic heterocycles. The number of aliphatic hydroxyl groups excluding tert-OH is 1. The fraction of sp³-hybridized carbons (Fsp3) is 0.500. The lowest BCUT2D eigenvalue weighted by Crippen LogP contribution is -2.31. The Morgan fingerprint density at radius 1 is 1.45 bits per heavy atom. The van der Waals surface area contributed by atoms with Crippen LogP contribution in [0.3, 0.4) is 0 Å². The summed E-state index contributed by atoms with van der Waals surface area (Å²) in [6.45, 7) is 0. The summed E-state index contributed by atoms with van der Waals surface area (Å²) in [7, 11) is 3.15. The third-order valence-corrected chi connectivity index (χ3v) is 1.79.